The fraction of sp³-hybridized carbons (Fsp3) is 0.579. The van der Waals surface area contributed by atoms with Crippen molar-refractivity contribution in [1.82, 2.24) is 4.90 Å². The number of hydrogen-bond acceptors (Lipinski definition) is 2. The molecule has 1 saturated heterocycles. The third kappa shape index (κ3) is 3.12. The highest BCUT2D eigenvalue weighted by molar-refractivity contribution is 6.00. The van der Waals surface area contributed by atoms with E-state index in [0.717, 1.165) is 37.8 Å². The van der Waals surface area contributed by atoms with Gasteiger partial charge in [-0.25, -0.2) is 0 Å². The van der Waals surface area contributed by atoms with Crippen molar-refractivity contribution in [2.75, 3.05) is 18.0 Å². The Morgan fingerprint density at radius 3 is 2.39 bits per heavy atom. The molecule has 1 heterocycles. The summed E-state index contributed by atoms with van der Waals surface area (Å²) in [5, 5.41) is 0. The maximum atomic E-state index is 12.7. The molecule has 2 amide bonds. The third-order valence-corrected chi connectivity index (χ3v) is 5.30. The van der Waals surface area contributed by atoms with Crippen LogP contribution in [0.2, 0.25) is 0 Å². The first kappa shape index (κ1) is 16.0. The van der Waals surface area contributed by atoms with Crippen LogP contribution in [0, 0.1) is 5.92 Å². The Labute approximate surface area is 138 Å². The lowest BCUT2D eigenvalue weighted by molar-refractivity contribution is -0.143. The maximum absolute atomic E-state index is 12.7. The van der Waals surface area contributed by atoms with E-state index in [1.54, 1.807) is 4.90 Å². The molecule has 0 bridgehead atoms. The molecule has 4 heteroatoms. The van der Waals surface area contributed by atoms with Gasteiger partial charge in [0.1, 0.15) is 6.04 Å². The number of piperazine rings is 1. The lowest BCUT2D eigenvalue weighted by Crippen LogP contribution is -2.58. The van der Waals surface area contributed by atoms with Gasteiger partial charge in [0, 0.05) is 24.7 Å². The van der Waals surface area contributed by atoms with E-state index in [1.807, 2.05) is 24.0 Å². The van der Waals surface area contributed by atoms with E-state index >= 15 is 0 Å². The standard InChI is InChI=1S/C19H26N2O2/c1-3-15-8-10-17(11-9-15)21-13-12-20(14(2)18(21)22)19(23)16-6-4-5-7-16/h8-11,14,16H,3-7,12-13H2,1-2H3. The summed E-state index contributed by atoms with van der Waals surface area (Å²) in [5.74, 6) is 0.358. The summed E-state index contributed by atoms with van der Waals surface area (Å²) in [6, 6.07) is 7.81. The van der Waals surface area contributed by atoms with Crippen LogP contribution in [0.4, 0.5) is 5.69 Å². The Hall–Kier alpha value is -1.84. The number of hydrogen-bond donors (Lipinski definition) is 0. The first-order valence-electron chi connectivity index (χ1n) is 8.82. The molecule has 4 nitrogen and oxygen atoms in total. The van der Waals surface area contributed by atoms with Gasteiger partial charge in [0.2, 0.25) is 11.8 Å². The normalized spacial score (nSPS) is 22.7. The molecular formula is C19H26N2O2. The summed E-state index contributed by atoms with van der Waals surface area (Å²) in [7, 11) is 0. The minimum absolute atomic E-state index is 0.0341. The van der Waals surface area contributed by atoms with Crippen LogP contribution in [0.25, 0.3) is 0 Å². The van der Waals surface area contributed by atoms with Gasteiger partial charge < -0.3 is 9.80 Å². The van der Waals surface area contributed by atoms with Crippen molar-refractivity contribution in [3.63, 3.8) is 0 Å². The SMILES string of the molecule is CCc1ccc(N2CCN(C(=O)C3CCCC3)C(C)C2=O)cc1. The molecule has 1 aliphatic carbocycles. The largest absolute Gasteiger partial charge is 0.329 e. The Bertz CT molecular complexity index is 576. The summed E-state index contributed by atoms with van der Waals surface area (Å²) in [6.07, 6.45) is 5.25. The average Bonchev–Trinajstić information content (AvgIpc) is 3.11. The van der Waals surface area contributed by atoms with Crippen molar-refractivity contribution < 1.29 is 9.59 Å². The quantitative estimate of drug-likeness (QED) is 0.860. The fourth-order valence-corrected chi connectivity index (χ4v) is 3.75. The Morgan fingerprint density at radius 2 is 1.78 bits per heavy atom. The van der Waals surface area contributed by atoms with E-state index in [-0.39, 0.29) is 23.8 Å². The molecule has 1 aliphatic heterocycles. The first-order chi connectivity index (χ1) is 11.1. The van der Waals surface area contributed by atoms with Crippen molar-refractivity contribution in [3.05, 3.63) is 29.8 Å². The van der Waals surface area contributed by atoms with Gasteiger partial charge in [0.15, 0.2) is 0 Å². The van der Waals surface area contributed by atoms with Gasteiger partial charge in [-0.2, -0.15) is 0 Å². The van der Waals surface area contributed by atoms with Crippen molar-refractivity contribution in [2.45, 2.75) is 52.0 Å². The Morgan fingerprint density at radius 1 is 1.13 bits per heavy atom. The second-order valence-corrected chi connectivity index (χ2v) is 6.70. The maximum Gasteiger partial charge on any atom is 0.249 e. The highest BCUT2D eigenvalue weighted by atomic mass is 16.2. The number of carbonyl (C=O) groups is 2. The summed E-state index contributed by atoms with van der Waals surface area (Å²) < 4.78 is 0. The lowest BCUT2D eigenvalue weighted by Gasteiger charge is -2.40. The zero-order valence-corrected chi connectivity index (χ0v) is 14.1. The molecule has 1 saturated carbocycles. The number of rotatable bonds is 3. The minimum atomic E-state index is -0.359. The van der Waals surface area contributed by atoms with E-state index in [9.17, 15) is 9.59 Å². The van der Waals surface area contributed by atoms with Crippen LogP contribution in [-0.4, -0.2) is 35.8 Å². The van der Waals surface area contributed by atoms with Crippen LogP contribution in [0.1, 0.15) is 45.1 Å². The van der Waals surface area contributed by atoms with Crippen molar-refractivity contribution >= 4 is 17.5 Å². The molecule has 1 aromatic rings. The highest BCUT2D eigenvalue weighted by Gasteiger charge is 2.37. The van der Waals surface area contributed by atoms with E-state index in [4.69, 9.17) is 0 Å². The lowest BCUT2D eigenvalue weighted by atomic mass is 10.0. The summed E-state index contributed by atoms with van der Waals surface area (Å²) in [4.78, 5) is 29.0. The summed E-state index contributed by atoms with van der Waals surface area (Å²) >= 11 is 0. The molecule has 3 rings (SSSR count). The van der Waals surface area contributed by atoms with E-state index in [1.165, 1.54) is 5.56 Å². The van der Waals surface area contributed by atoms with Crippen LogP contribution in [0.5, 0.6) is 0 Å². The predicted molar refractivity (Wildman–Crippen MR) is 91.3 cm³/mol. The molecule has 2 fully saturated rings. The third-order valence-electron chi connectivity index (χ3n) is 5.30. The molecule has 2 aliphatic rings. The number of carbonyl (C=O) groups excluding carboxylic acids is 2. The van der Waals surface area contributed by atoms with Crippen LogP contribution in [-0.2, 0) is 16.0 Å². The van der Waals surface area contributed by atoms with E-state index < -0.39 is 0 Å². The monoisotopic (exact) mass is 314 g/mol. The van der Waals surface area contributed by atoms with Gasteiger partial charge in [-0.3, -0.25) is 9.59 Å². The molecule has 1 atom stereocenters. The minimum Gasteiger partial charge on any atom is -0.329 e. The van der Waals surface area contributed by atoms with Crippen molar-refractivity contribution in [2.24, 2.45) is 5.92 Å². The topological polar surface area (TPSA) is 40.6 Å². The Balaban J connectivity index is 1.71. The first-order valence-corrected chi connectivity index (χ1v) is 8.82. The van der Waals surface area contributed by atoms with Crippen LogP contribution < -0.4 is 4.90 Å². The molecule has 0 spiro atoms. The van der Waals surface area contributed by atoms with E-state index in [2.05, 4.69) is 19.1 Å². The van der Waals surface area contributed by atoms with Gasteiger partial charge in [0.25, 0.3) is 0 Å². The van der Waals surface area contributed by atoms with Gasteiger partial charge in [0.05, 0.1) is 0 Å². The second kappa shape index (κ2) is 6.73. The van der Waals surface area contributed by atoms with Crippen LogP contribution in [0.3, 0.4) is 0 Å². The summed E-state index contributed by atoms with van der Waals surface area (Å²) in [6.45, 7) is 5.21. The zero-order chi connectivity index (χ0) is 16.4. The Kier molecular flexibility index (Phi) is 4.69. The van der Waals surface area contributed by atoms with Gasteiger partial charge in [-0.15, -0.1) is 0 Å². The molecule has 1 unspecified atom stereocenters. The molecule has 1 aromatic carbocycles. The molecule has 0 N–H and O–H groups in total. The molecular weight excluding hydrogens is 288 g/mol. The van der Waals surface area contributed by atoms with Gasteiger partial charge in [-0.1, -0.05) is 31.9 Å². The highest BCUT2D eigenvalue weighted by Crippen LogP contribution is 2.29. The number of anilines is 1. The van der Waals surface area contributed by atoms with Gasteiger partial charge in [-0.05, 0) is 43.9 Å². The number of benzene rings is 1. The smallest absolute Gasteiger partial charge is 0.249 e. The second-order valence-electron chi connectivity index (χ2n) is 6.70. The predicted octanol–water partition coefficient (Wildman–Crippen LogP) is 3.00. The van der Waals surface area contributed by atoms with Crippen molar-refractivity contribution in [1.29, 1.82) is 0 Å². The molecule has 124 valence electrons. The number of nitrogens with zero attached hydrogens (tertiary/aromatic N) is 2. The summed E-state index contributed by atoms with van der Waals surface area (Å²) in [5.41, 5.74) is 2.20. The van der Waals surface area contributed by atoms with Crippen molar-refractivity contribution in [3.8, 4) is 0 Å². The van der Waals surface area contributed by atoms with Gasteiger partial charge >= 0.3 is 0 Å². The number of amides is 2. The molecule has 23 heavy (non-hydrogen) atoms. The van der Waals surface area contributed by atoms with Crippen LogP contribution in [0.15, 0.2) is 24.3 Å². The average molecular weight is 314 g/mol. The van der Waals surface area contributed by atoms with Crippen LogP contribution >= 0.6 is 0 Å². The van der Waals surface area contributed by atoms with E-state index in [0.29, 0.717) is 13.1 Å². The molecule has 0 aromatic heterocycles. The molecule has 0 radical (unpaired) electrons. The zero-order valence-electron chi connectivity index (χ0n) is 14.1. The number of aryl methyl sites for hydroxylation is 1. The fourth-order valence-electron chi connectivity index (χ4n) is 3.75.